The Balaban J connectivity index is 1.62. The third-order valence-electron chi connectivity index (χ3n) is 5.32. The standard InChI is InChI=1S/C22H27N3O5S/c1-15-6-11-20(16(2)13-15)24-22(27)21(26)23-14-17-5-4-12-25(17)31(28,29)19-9-7-18(30-3)8-10-19/h6-11,13,17H,4-5,12,14H2,1-3H3,(H,23,26)(H,24,27). The van der Waals surface area contributed by atoms with Crippen molar-refractivity contribution in [3.8, 4) is 5.75 Å². The summed E-state index contributed by atoms with van der Waals surface area (Å²) in [6.07, 6.45) is 1.29. The van der Waals surface area contributed by atoms with E-state index in [0.29, 0.717) is 30.8 Å². The Morgan fingerprint density at radius 2 is 1.81 bits per heavy atom. The molecule has 1 unspecified atom stereocenters. The molecule has 1 heterocycles. The van der Waals surface area contributed by atoms with E-state index in [1.165, 1.54) is 23.5 Å². The van der Waals surface area contributed by atoms with E-state index in [-0.39, 0.29) is 11.4 Å². The summed E-state index contributed by atoms with van der Waals surface area (Å²) in [4.78, 5) is 24.7. The van der Waals surface area contributed by atoms with Crippen LogP contribution in [0.25, 0.3) is 0 Å². The van der Waals surface area contributed by atoms with Crippen LogP contribution >= 0.6 is 0 Å². The molecule has 9 heteroatoms. The van der Waals surface area contributed by atoms with Crippen molar-refractivity contribution in [1.29, 1.82) is 0 Å². The second-order valence-electron chi connectivity index (χ2n) is 7.57. The molecule has 8 nitrogen and oxygen atoms in total. The molecule has 3 rings (SSSR count). The minimum atomic E-state index is -3.71. The van der Waals surface area contributed by atoms with E-state index in [1.807, 2.05) is 26.0 Å². The minimum absolute atomic E-state index is 0.0640. The molecule has 0 aliphatic carbocycles. The third-order valence-corrected chi connectivity index (χ3v) is 7.29. The van der Waals surface area contributed by atoms with Crippen molar-refractivity contribution in [1.82, 2.24) is 9.62 Å². The maximum Gasteiger partial charge on any atom is 0.313 e. The van der Waals surface area contributed by atoms with E-state index < -0.39 is 27.9 Å². The van der Waals surface area contributed by atoms with Crippen LogP contribution in [0.2, 0.25) is 0 Å². The zero-order chi connectivity index (χ0) is 22.6. The quantitative estimate of drug-likeness (QED) is 0.664. The maximum absolute atomic E-state index is 13.0. The number of nitrogens with zero attached hydrogens (tertiary/aromatic N) is 1. The number of aryl methyl sites for hydroxylation is 2. The van der Waals surface area contributed by atoms with Gasteiger partial charge in [0, 0.05) is 24.8 Å². The molecular weight excluding hydrogens is 418 g/mol. The summed E-state index contributed by atoms with van der Waals surface area (Å²) in [7, 11) is -2.20. The number of ether oxygens (including phenoxy) is 1. The fourth-order valence-electron chi connectivity index (χ4n) is 3.64. The van der Waals surface area contributed by atoms with Crippen LogP contribution in [0.1, 0.15) is 24.0 Å². The van der Waals surface area contributed by atoms with Crippen LogP contribution in [0.3, 0.4) is 0 Å². The van der Waals surface area contributed by atoms with Crippen molar-refractivity contribution >= 4 is 27.5 Å². The van der Waals surface area contributed by atoms with Gasteiger partial charge in [-0.15, -0.1) is 0 Å². The Morgan fingerprint density at radius 3 is 2.45 bits per heavy atom. The average molecular weight is 446 g/mol. The average Bonchev–Trinajstić information content (AvgIpc) is 3.23. The van der Waals surface area contributed by atoms with Crippen LogP contribution in [0.15, 0.2) is 47.4 Å². The summed E-state index contributed by atoms with van der Waals surface area (Å²) < 4.78 is 32.5. The van der Waals surface area contributed by atoms with Crippen LogP contribution in [-0.2, 0) is 19.6 Å². The van der Waals surface area contributed by atoms with Gasteiger partial charge in [0.25, 0.3) is 0 Å². The first-order valence-electron chi connectivity index (χ1n) is 10.0. The Bertz CT molecular complexity index is 1070. The molecule has 1 saturated heterocycles. The Hall–Kier alpha value is -2.91. The van der Waals surface area contributed by atoms with Crippen LogP contribution in [0.4, 0.5) is 5.69 Å². The van der Waals surface area contributed by atoms with Gasteiger partial charge in [-0.25, -0.2) is 8.42 Å². The van der Waals surface area contributed by atoms with E-state index in [0.717, 1.165) is 11.1 Å². The molecule has 31 heavy (non-hydrogen) atoms. The van der Waals surface area contributed by atoms with E-state index in [4.69, 9.17) is 4.74 Å². The van der Waals surface area contributed by atoms with E-state index in [9.17, 15) is 18.0 Å². The largest absolute Gasteiger partial charge is 0.497 e. The zero-order valence-electron chi connectivity index (χ0n) is 17.8. The first kappa shape index (κ1) is 22.8. The molecule has 0 radical (unpaired) electrons. The summed E-state index contributed by atoms with van der Waals surface area (Å²) in [6, 6.07) is 11.3. The van der Waals surface area contributed by atoms with Gasteiger partial charge in [-0.2, -0.15) is 4.31 Å². The van der Waals surface area contributed by atoms with Gasteiger partial charge < -0.3 is 15.4 Å². The highest BCUT2D eigenvalue weighted by molar-refractivity contribution is 7.89. The topological polar surface area (TPSA) is 105 Å². The lowest BCUT2D eigenvalue weighted by molar-refractivity contribution is -0.136. The number of carbonyl (C=O) groups is 2. The first-order chi connectivity index (χ1) is 14.7. The first-order valence-corrected chi connectivity index (χ1v) is 11.5. The number of hydrogen-bond donors (Lipinski definition) is 2. The number of benzene rings is 2. The monoisotopic (exact) mass is 445 g/mol. The number of rotatable bonds is 6. The van der Waals surface area contributed by atoms with E-state index in [2.05, 4.69) is 10.6 Å². The molecular formula is C22H27N3O5S. The van der Waals surface area contributed by atoms with Gasteiger partial charge in [-0.1, -0.05) is 17.7 Å². The lowest BCUT2D eigenvalue weighted by atomic mass is 10.1. The molecule has 1 aliphatic heterocycles. The highest BCUT2D eigenvalue weighted by Gasteiger charge is 2.35. The second kappa shape index (κ2) is 9.49. The van der Waals surface area contributed by atoms with Gasteiger partial charge in [0.05, 0.1) is 12.0 Å². The summed E-state index contributed by atoms with van der Waals surface area (Å²) >= 11 is 0. The maximum atomic E-state index is 13.0. The van der Waals surface area contributed by atoms with Gasteiger partial charge in [-0.3, -0.25) is 9.59 Å². The van der Waals surface area contributed by atoms with Gasteiger partial charge in [0.2, 0.25) is 10.0 Å². The summed E-state index contributed by atoms with van der Waals surface area (Å²) in [5, 5.41) is 5.17. The van der Waals surface area contributed by atoms with Gasteiger partial charge >= 0.3 is 11.8 Å². The zero-order valence-corrected chi connectivity index (χ0v) is 18.7. The van der Waals surface area contributed by atoms with Crippen molar-refractivity contribution < 1.29 is 22.7 Å². The molecule has 166 valence electrons. The smallest absolute Gasteiger partial charge is 0.313 e. The highest BCUT2D eigenvalue weighted by Crippen LogP contribution is 2.27. The number of anilines is 1. The van der Waals surface area contributed by atoms with Gasteiger partial charge in [0.15, 0.2) is 0 Å². The Labute approximate surface area is 182 Å². The number of amides is 2. The van der Waals surface area contributed by atoms with Crippen LogP contribution in [0.5, 0.6) is 5.75 Å². The van der Waals surface area contributed by atoms with Crippen molar-refractivity contribution in [2.45, 2.75) is 37.6 Å². The Morgan fingerprint density at radius 1 is 1.10 bits per heavy atom. The molecule has 1 aliphatic rings. The summed E-state index contributed by atoms with van der Waals surface area (Å²) in [6.45, 7) is 4.22. The SMILES string of the molecule is COc1ccc(S(=O)(=O)N2CCCC2CNC(=O)C(=O)Nc2ccc(C)cc2C)cc1. The predicted octanol–water partition coefficient (Wildman–Crippen LogP) is 2.22. The lowest BCUT2D eigenvalue weighted by Crippen LogP contribution is -2.45. The van der Waals surface area contributed by atoms with Crippen LogP contribution < -0.4 is 15.4 Å². The molecule has 0 spiro atoms. The van der Waals surface area contributed by atoms with E-state index in [1.54, 1.807) is 18.2 Å². The Kier molecular flexibility index (Phi) is 6.97. The summed E-state index contributed by atoms with van der Waals surface area (Å²) in [5.74, 6) is -1.01. The molecule has 2 N–H and O–H groups in total. The third kappa shape index (κ3) is 5.23. The van der Waals surface area contributed by atoms with Gasteiger partial charge in [0.1, 0.15) is 5.75 Å². The van der Waals surface area contributed by atoms with E-state index >= 15 is 0 Å². The number of carbonyl (C=O) groups excluding carboxylic acids is 2. The van der Waals surface area contributed by atoms with Crippen LogP contribution in [0, 0.1) is 13.8 Å². The van der Waals surface area contributed by atoms with Crippen LogP contribution in [-0.4, -0.2) is 50.8 Å². The molecule has 2 amide bonds. The predicted molar refractivity (Wildman–Crippen MR) is 117 cm³/mol. The molecule has 0 saturated carbocycles. The molecule has 0 aromatic heterocycles. The molecule has 2 aromatic rings. The van der Waals surface area contributed by atoms with Crippen molar-refractivity contribution in [2.24, 2.45) is 0 Å². The van der Waals surface area contributed by atoms with Crippen molar-refractivity contribution in [3.05, 3.63) is 53.6 Å². The fourth-order valence-corrected chi connectivity index (χ4v) is 5.33. The lowest BCUT2D eigenvalue weighted by Gasteiger charge is -2.24. The number of methoxy groups -OCH3 is 1. The second-order valence-corrected chi connectivity index (χ2v) is 9.46. The normalized spacial score (nSPS) is 16.7. The number of hydrogen-bond acceptors (Lipinski definition) is 5. The van der Waals surface area contributed by atoms with Crippen molar-refractivity contribution in [3.63, 3.8) is 0 Å². The van der Waals surface area contributed by atoms with Crippen molar-refractivity contribution in [2.75, 3.05) is 25.5 Å². The molecule has 1 fully saturated rings. The van der Waals surface area contributed by atoms with Gasteiger partial charge in [-0.05, 0) is 62.6 Å². The number of nitrogens with one attached hydrogen (secondary N) is 2. The summed E-state index contributed by atoms with van der Waals surface area (Å²) in [5.41, 5.74) is 2.48. The molecule has 1 atom stereocenters. The minimum Gasteiger partial charge on any atom is -0.497 e. The molecule has 2 aromatic carbocycles. The fraction of sp³-hybridized carbons (Fsp3) is 0.364. The highest BCUT2D eigenvalue weighted by atomic mass is 32.2. The molecule has 0 bridgehead atoms. The number of sulfonamides is 1.